The highest BCUT2D eigenvalue weighted by atomic mass is 32.2. The van der Waals surface area contributed by atoms with Gasteiger partial charge in [0.15, 0.2) is 9.84 Å². The number of nitrogens with zero attached hydrogens (tertiary/aromatic N) is 1. The van der Waals surface area contributed by atoms with Crippen LogP contribution in [0, 0.1) is 0 Å². The van der Waals surface area contributed by atoms with E-state index in [1.807, 2.05) is 30.3 Å². The number of para-hydroxylation sites is 1. The van der Waals surface area contributed by atoms with E-state index in [2.05, 4.69) is 15.5 Å². The number of anilines is 1. The average Bonchev–Trinajstić information content (AvgIpc) is 2.69. The maximum absolute atomic E-state index is 12.6. The third-order valence-corrected chi connectivity index (χ3v) is 5.82. The first-order valence-corrected chi connectivity index (χ1v) is 12.0. The van der Waals surface area contributed by atoms with E-state index in [-0.39, 0.29) is 23.6 Å². The van der Waals surface area contributed by atoms with Gasteiger partial charge in [-0.05, 0) is 42.7 Å². The predicted molar refractivity (Wildman–Crippen MR) is 117 cm³/mol. The molecule has 1 heterocycles. The Bertz CT molecular complexity index is 984. The van der Waals surface area contributed by atoms with Crippen molar-refractivity contribution in [1.29, 1.82) is 0 Å². The van der Waals surface area contributed by atoms with Crippen molar-refractivity contribution >= 4 is 27.3 Å². The third-order valence-electron chi connectivity index (χ3n) is 4.97. The zero-order valence-electron chi connectivity index (χ0n) is 17.0. The number of likely N-dealkylation sites (tertiary alicyclic amines) is 1. The molecule has 3 rings (SSSR count). The minimum Gasteiger partial charge on any atom is -0.349 e. The van der Waals surface area contributed by atoms with Gasteiger partial charge in [-0.3, -0.25) is 14.5 Å². The Labute approximate surface area is 177 Å². The number of amides is 2. The topological polar surface area (TPSA) is 95.6 Å². The van der Waals surface area contributed by atoms with Gasteiger partial charge >= 0.3 is 0 Å². The Morgan fingerprint density at radius 2 is 1.73 bits per heavy atom. The summed E-state index contributed by atoms with van der Waals surface area (Å²) < 4.78 is 22.9. The lowest BCUT2D eigenvalue weighted by Gasteiger charge is -2.31. The molecule has 2 aromatic rings. The van der Waals surface area contributed by atoms with Crippen LogP contribution in [0.3, 0.4) is 0 Å². The Morgan fingerprint density at radius 3 is 2.40 bits per heavy atom. The molecule has 160 valence electrons. The monoisotopic (exact) mass is 429 g/mol. The number of rotatable bonds is 7. The predicted octanol–water partition coefficient (Wildman–Crippen LogP) is 2.06. The highest BCUT2D eigenvalue weighted by Crippen LogP contribution is 2.13. The molecule has 1 aliphatic heterocycles. The van der Waals surface area contributed by atoms with Crippen LogP contribution in [0.5, 0.6) is 0 Å². The number of carbonyl (C=O) groups excluding carboxylic acids is 2. The van der Waals surface area contributed by atoms with Crippen LogP contribution in [0.15, 0.2) is 54.6 Å². The van der Waals surface area contributed by atoms with Gasteiger partial charge in [-0.25, -0.2) is 8.42 Å². The van der Waals surface area contributed by atoms with E-state index in [1.165, 1.54) is 6.26 Å². The summed E-state index contributed by atoms with van der Waals surface area (Å²) in [6, 6.07) is 16.1. The fraction of sp³-hybridized carbons (Fsp3) is 0.364. The molecular weight excluding hydrogens is 402 g/mol. The SMILES string of the molecule is CS(=O)(=O)Cc1cccc(C(=O)NC2CCN(CC(=O)Nc3ccccc3)CC2)c1. The zero-order chi connectivity index (χ0) is 21.6. The number of benzene rings is 2. The van der Waals surface area contributed by atoms with E-state index in [0.29, 0.717) is 17.7 Å². The molecule has 0 aliphatic carbocycles. The number of carbonyl (C=O) groups is 2. The molecule has 1 fully saturated rings. The molecular formula is C22H27N3O4S. The molecule has 0 spiro atoms. The Balaban J connectivity index is 1.46. The van der Waals surface area contributed by atoms with Crippen LogP contribution in [0.25, 0.3) is 0 Å². The molecule has 0 atom stereocenters. The number of piperidine rings is 1. The Morgan fingerprint density at radius 1 is 1.03 bits per heavy atom. The Kier molecular flexibility index (Phi) is 7.23. The highest BCUT2D eigenvalue weighted by Gasteiger charge is 2.22. The van der Waals surface area contributed by atoms with Crippen molar-refractivity contribution in [3.05, 3.63) is 65.7 Å². The van der Waals surface area contributed by atoms with Gasteiger partial charge in [0, 0.05) is 36.6 Å². The average molecular weight is 430 g/mol. The Hall–Kier alpha value is -2.71. The second-order valence-corrected chi connectivity index (χ2v) is 9.85. The summed E-state index contributed by atoms with van der Waals surface area (Å²) in [6.45, 7) is 1.77. The van der Waals surface area contributed by atoms with Crippen molar-refractivity contribution in [2.45, 2.75) is 24.6 Å². The molecule has 0 radical (unpaired) electrons. The first kappa shape index (κ1) is 22.0. The number of nitrogens with one attached hydrogen (secondary N) is 2. The molecule has 0 saturated carbocycles. The van der Waals surface area contributed by atoms with Gasteiger partial charge in [-0.15, -0.1) is 0 Å². The summed E-state index contributed by atoms with van der Waals surface area (Å²) in [5.74, 6) is -0.339. The largest absolute Gasteiger partial charge is 0.349 e. The van der Waals surface area contributed by atoms with E-state index < -0.39 is 9.84 Å². The minimum absolute atomic E-state index is 0.0319. The fourth-order valence-corrected chi connectivity index (χ4v) is 4.32. The molecule has 8 heteroatoms. The van der Waals surface area contributed by atoms with E-state index in [4.69, 9.17) is 0 Å². The molecule has 1 saturated heterocycles. The van der Waals surface area contributed by atoms with Crippen molar-refractivity contribution in [3.63, 3.8) is 0 Å². The van der Waals surface area contributed by atoms with Crippen molar-refractivity contribution in [1.82, 2.24) is 10.2 Å². The summed E-state index contributed by atoms with van der Waals surface area (Å²) in [4.78, 5) is 26.8. The summed E-state index contributed by atoms with van der Waals surface area (Å²) >= 11 is 0. The first-order valence-electron chi connectivity index (χ1n) is 9.93. The van der Waals surface area contributed by atoms with Crippen LogP contribution in [-0.2, 0) is 20.4 Å². The third kappa shape index (κ3) is 6.96. The second-order valence-electron chi connectivity index (χ2n) is 7.71. The normalized spacial score (nSPS) is 15.5. The lowest BCUT2D eigenvalue weighted by molar-refractivity contribution is -0.117. The van der Waals surface area contributed by atoms with Crippen molar-refractivity contribution in [3.8, 4) is 0 Å². The van der Waals surface area contributed by atoms with Crippen LogP contribution in [0.1, 0.15) is 28.8 Å². The minimum atomic E-state index is -3.15. The molecule has 7 nitrogen and oxygen atoms in total. The summed E-state index contributed by atoms with van der Waals surface area (Å²) in [5.41, 5.74) is 1.84. The first-order chi connectivity index (χ1) is 14.3. The van der Waals surface area contributed by atoms with Crippen molar-refractivity contribution in [2.75, 3.05) is 31.2 Å². The zero-order valence-corrected chi connectivity index (χ0v) is 17.8. The van der Waals surface area contributed by atoms with Gasteiger partial charge < -0.3 is 10.6 Å². The standard InChI is InChI=1S/C22H27N3O4S/c1-30(28,29)16-17-6-5-7-18(14-17)22(27)24-20-10-12-25(13-11-20)15-21(26)23-19-8-3-2-4-9-19/h2-9,14,20H,10-13,15-16H2,1H3,(H,23,26)(H,24,27). The molecule has 30 heavy (non-hydrogen) atoms. The quantitative estimate of drug-likeness (QED) is 0.703. The van der Waals surface area contributed by atoms with E-state index in [0.717, 1.165) is 31.6 Å². The van der Waals surface area contributed by atoms with E-state index in [9.17, 15) is 18.0 Å². The van der Waals surface area contributed by atoms with E-state index >= 15 is 0 Å². The molecule has 2 aromatic carbocycles. The molecule has 0 aromatic heterocycles. The lowest BCUT2D eigenvalue weighted by atomic mass is 10.0. The second kappa shape index (κ2) is 9.86. The van der Waals surface area contributed by atoms with Gasteiger partial charge in [0.25, 0.3) is 5.91 Å². The molecule has 2 amide bonds. The van der Waals surface area contributed by atoms with Gasteiger partial charge in [0.05, 0.1) is 12.3 Å². The van der Waals surface area contributed by atoms with Gasteiger partial charge in [-0.2, -0.15) is 0 Å². The summed E-state index contributed by atoms with van der Waals surface area (Å²) in [7, 11) is -3.15. The molecule has 2 N–H and O–H groups in total. The maximum atomic E-state index is 12.6. The van der Waals surface area contributed by atoms with Gasteiger partial charge in [-0.1, -0.05) is 30.3 Å². The van der Waals surface area contributed by atoms with Crippen LogP contribution in [-0.4, -0.2) is 57.1 Å². The lowest BCUT2D eigenvalue weighted by Crippen LogP contribution is -2.46. The summed E-state index contributed by atoms with van der Waals surface area (Å²) in [6.07, 6.45) is 2.69. The maximum Gasteiger partial charge on any atom is 0.251 e. The molecule has 0 unspecified atom stereocenters. The van der Waals surface area contributed by atoms with Crippen LogP contribution >= 0.6 is 0 Å². The van der Waals surface area contributed by atoms with Crippen LogP contribution in [0.4, 0.5) is 5.69 Å². The van der Waals surface area contributed by atoms with Crippen molar-refractivity contribution in [2.24, 2.45) is 0 Å². The molecule has 1 aliphatic rings. The number of hydrogen-bond donors (Lipinski definition) is 2. The fourth-order valence-electron chi connectivity index (χ4n) is 3.53. The van der Waals surface area contributed by atoms with Crippen LogP contribution in [0.2, 0.25) is 0 Å². The highest BCUT2D eigenvalue weighted by molar-refractivity contribution is 7.89. The van der Waals surface area contributed by atoms with Gasteiger partial charge in [0.1, 0.15) is 0 Å². The number of hydrogen-bond acceptors (Lipinski definition) is 5. The molecule has 0 bridgehead atoms. The van der Waals surface area contributed by atoms with E-state index in [1.54, 1.807) is 24.3 Å². The van der Waals surface area contributed by atoms with Crippen LogP contribution < -0.4 is 10.6 Å². The summed E-state index contributed by atoms with van der Waals surface area (Å²) in [5, 5.41) is 5.91. The number of sulfone groups is 1. The smallest absolute Gasteiger partial charge is 0.251 e. The van der Waals surface area contributed by atoms with Crippen molar-refractivity contribution < 1.29 is 18.0 Å². The van der Waals surface area contributed by atoms with Gasteiger partial charge in [0.2, 0.25) is 5.91 Å².